The number of benzene rings is 1. The topological polar surface area (TPSA) is 64.2 Å². The van der Waals surface area contributed by atoms with Gasteiger partial charge in [0.2, 0.25) is 0 Å². The van der Waals surface area contributed by atoms with Crippen molar-refractivity contribution in [2.45, 2.75) is 12.5 Å². The van der Waals surface area contributed by atoms with Crippen molar-refractivity contribution in [2.75, 3.05) is 0 Å². The van der Waals surface area contributed by atoms with Crippen molar-refractivity contribution in [1.82, 2.24) is 0 Å². The second-order valence-electron chi connectivity index (χ2n) is 2.73. The SMILES string of the molecule is CC(O)(C#N)c1ccc(O)cc1. The van der Waals surface area contributed by atoms with E-state index in [2.05, 4.69) is 0 Å². The fourth-order valence-corrected chi connectivity index (χ4v) is 0.851. The fraction of sp³-hybridized carbons (Fsp3) is 0.222. The summed E-state index contributed by atoms with van der Waals surface area (Å²) in [5.74, 6) is 0.118. The molecule has 0 aliphatic heterocycles. The smallest absolute Gasteiger partial charge is 0.173 e. The summed E-state index contributed by atoms with van der Waals surface area (Å²) in [5, 5.41) is 26.9. The lowest BCUT2D eigenvalue weighted by molar-refractivity contribution is 0.119. The van der Waals surface area contributed by atoms with E-state index in [0.717, 1.165) is 0 Å². The van der Waals surface area contributed by atoms with Gasteiger partial charge in [-0.3, -0.25) is 0 Å². The van der Waals surface area contributed by atoms with E-state index in [1.165, 1.54) is 31.2 Å². The molecule has 2 N–H and O–H groups in total. The standard InChI is InChI=1S/C9H9NO2/c1-9(12,6-10)7-2-4-8(11)5-3-7/h2-5,11-12H,1H3. The summed E-state index contributed by atoms with van der Waals surface area (Å²) in [7, 11) is 0. The highest BCUT2D eigenvalue weighted by Gasteiger charge is 2.21. The molecule has 0 aliphatic rings. The third-order valence-electron chi connectivity index (χ3n) is 1.65. The molecular formula is C9H9NO2. The van der Waals surface area contributed by atoms with Gasteiger partial charge in [-0.25, -0.2) is 0 Å². The van der Waals surface area contributed by atoms with Gasteiger partial charge >= 0.3 is 0 Å². The first kappa shape index (κ1) is 8.57. The van der Waals surface area contributed by atoms with E-state index in [-0.39, 0.29) is 5.75 Å². The Balaban J connectivity index is 3.07. The van der Waals surface area contributed by atoms with Crippen molar-refractivity contribution >= 4 is 0 Å². The highest BCUT2D eigenvalue weighted by molar-refractivity contribution is 5.32. The maximum absolute atomic E-state index is 9.44. The molecule has 0 saturated carbocycles. The Bertz CT molecular complexity index is 308. The van der Waals surface area contributed by atoms with Crippen molar-refractivity contribution in [3.8, 4) is 11.8 Å². The fourth-order valence-electron chi connectivity index (χ4n) is 0.851. The Morgan fingerprint density at radius 2 is 1.83 bits per heavy atom. The van der Waals surface area contributed by atoms with Gasteiger partial charge < -0.3 is 10.2 Å². The molecule has 0 saturated heterocycles. The van der Waals surface area contributed by atoms with Crippen molar-refractivity contribution in [3.05, 3.63) is 29.8 Å². The number of rotatable bonds is 1. The Morgan fingerprint density at radius 3 is 2.25 bits per heavy atom. The van der Waals surface area contributed by atoms with E-state index in [1.807, 2.05) is 0 Å². The van der Waals surface area contributed by atoms with Crippen LogP contribution < -0.4 is 0 Å². The van der Waals surface area contributed by atoms with Crippen molar-refractivity contribution in [2.24, 2.45) is 0 Å². The summed E-state index contributed by atoms with van der Waals surface area (Å²) >= 11 is 0. The molecule has 0 radical (unpaired) electrons. The number of nitrogens with zero attached hydrogens (tertiary/aromatic N) is 1. The van der Waals surface area contributed by atoms with Gasteiger partial charge in [0.05, 0.1) is 0 Å². The molecule has 0 amide bonds. The third kappa shape index (κ3) is 1.55. The van der Waals surface area contributed by atoms with Gasteiger partial charge in [-0.05, 0) is 24.6 Å². The largest absolute Gasteiger partial charge is 0.508 e. The molecule has 1 aromatic rings. The van der Waals surface area contributed by atoms with Crippen LogP contribution in [-0.2, 0) is 5.60 Å². The summed E-state index contributed by atoms with van der Waals surface area (Å²) in [4.78, 5) is 0. The van der Waals surface area contributed by atoms with Gasteiger partial charge in [-0.2, -0.15) is 5.26 Å². The predicted octanol–water partition coefficient (Wildman–Crippen LogP) is 1.12. The number of aliphatic hydroxyl groups is 1. The summed E-state index contributed by atoms with van der Waals surface area (Å²) in [6.07, 6.45) is 0. The molecule has 1 rings (SSSR count). The molecule has 3 heteroatoms. The van der Waals surface area contributed by atoms with Gasteiger partial charge in [0.15, 0.2) is 5.60 Å². The molecule has 1 atom stereocenters. The Morgan fingerprint density at radius 1 is 1.33 bits per heavy atom. The third-order valence-corrected chi connectivity index (χ3v) is 1.65. The van der Waals surface area contributed by atoms with Crippen LogP contribution in [0.4, 0.5) is 0 Å². The molecule has 12 heavy (non-hydrogen) atoms. The molecule has 0 fully saturated rings. The number of hydrogen-bond donors (Lipinski definition) is 2. The molecule has 0 aromatic heterocycles. The molecule has 0 spiro atoms. The zero-order chi connectivity index (χ0) is 9.19. The summed E-state index contributed by atoms with van der Waals surface area (Å²) in [5.41, 5.74) is -1.00. The Labute approximate surface area is 70.5 Å². The van der Waals surface area contributed by atoms with Crippen molar-refractivity contribution in [1.29, 1.82) is 5.26 Å². The molecule has 0 aliphatic carbocycles. The van der Waals surface area contributed by atoms with Crippen LogP contribution in [0.15, 0.2) is 24.3 Å². The van der Waals surface area contributed by atoms with Crippen molar-refractivity contribution in [3.63, 3.8) is 0 Å². The first-order valence-electron chi connectivity index (χ1n) is 3.49. The van der Waals surface area contributed by atoms with Gasteiger partial charge in [0.25, 0.3) is 0 Å². The van der Waals surface area contributed by atoms with Crippen molar-refractivity contribution < 1.29 is 10.2 Å². The van der Waals surface area contributed by atoms with E-state index in [1.54, 1.807) is 6.07 Å². The zero-order valence-electron chi connectivity index (χ0n) is 6.65. The van der Waals surface area contributed by atoms with Crippen LogP contribution >= 0.6 is 0 Å². The summed E-state index contributed by atoms with van der Waals surface area (Å²) < 4.78 is 0. The number of nitriles is 1. The van der Waals surface area contributed by atoms with Crippen LogP contribution in [0.25, 0.3) is 0 Å². The van der Waals surface area contributed by atoms with Crippen LogP contribution in [0.2, 0.25) is 0 Å². The van der Waals surface area contributed by atoms with Crippen LogP contribution in [0.5, 0.6) is 5.75 Å². The molecule has 0 heterocycles. The highest BCUT2D eigenvalue weighted by Crippen LogP contribution is 2.21. The maximum atomic E-state index is 9.44. The van der Waals surface area contributed by atoms with Gasteiger partial charge in [0, 0.05) is 0 Å². The second-order valence-corrected chi connectivity index (χ2v) is 2.73. The minimum atomic E-state index is -1.48. The normalized spacial score (nSPS) is 14.8. The quantitative estimate of drug-likeness (QED) is 0.610. The van der Waals surface area contributed by atoms with Crippen LogP contribution in [0.1, 0.15) is 12.5 Å². The Kier molecular flexibility index (Phi) is 2.03. The van der Waals surface area contributed by atoms with E-state index in [4.69, 9.17) is 10.4 Å². The lowest BCUT2D eigenvalue weighted by atomic mass is 9.98. The van der Waals surface area contributed by atoms with E-state index in [0.29, 0.717) is 5.56 Å². The van der Waals surface area contributed by atoms with E-state index < -0.39 is 5.60 Å². The molecule has 62 valence electrons. The van der Waals surface area contributed by atoms with Gasteiger partial charge in [-0.15, -0.1) is 0 Å². The van der Waals surface area contributed by atoms with Gasteiger partial charge in [0.1, 0.15) is 11.8 Å². The molecule has 3 nitrogen and oxygen atoms in total. The molecular weight excluding hydrogens is 154 g/mol. The molecule has 0 bridgehead atoms. The van der Waals surface area contributed by atoms with E-state index in [9.17, 15) is 5.11 Å². The first-order chi connectivity index (χ1) is 5.56. The van der Waals surface area contributed by atoms with Crippen LogP contribution in [-0.4, -0.2) is 10.2 Å². The van der Waals surface area contributed by atoms with Crippen LogP contribution in [0, 0.1) is 11.3 Å². The summed E-state index contributed by atoms with van der Waals surface area (Å²) in [6.45, 7) is 1.40. The van der Waals surface area contributed by atoms with Crippen LogP contribution in [0.3, 0.4) is 0 Å². The average Bonchev–Trinajstić information content (AvgIpc) is 2.05. The molecule has 1 aromatic carbocycles. The minimum Gasteiger partial charge on any atom is -0.508 e. The number of phenols is 1. The second kappa shape index (κ2) is 2.84. The number of phenolic OH excluding ortho intramolecular Hbond substituents is 1. The maximum Gasteiger partial charge on any atom is 0.173 e. The minimum absolute atomic E-state index is 0.118. The zero-order valence-corrected chi connectivity index (χ0v) is 6.65. The highest BCUT2D eigenvalue weighted by atomic mass is 16.3. The number of aromatic hydroxyl groups is 1. The van der Waals surface area contributed by atoms with Gasteiger partial charge in [-0.1, -0.05) is 12.1 Å². The summed E-state index contributed by atoms with van der Waals surface area (Å²) in [6, 6.07) is 7.64. The first-order valence-corrected chi connectivity index (χ1v) is 3.49. The monoisotopic (exact) mass is 163 g/mol. The Hall–Kier alpha value is -1.53. The van der Waals surface area contributed by atoms with E-state index >= 15 is 0 Å². The predicted molar refractivity (Wildman–Crippen MR) is 43.3 cm³/mol. The lowest BCUT2D eigenvalue weighted by Gasteiger charge is -2.13. The average molecular weight is 163 g/mol. The lowest BCUT2D eigenvalue weighted by Crippen LogP contribution is -2.17. The molecule has 1 unspecified atom stereocenters. The number of hydrogen-bond acceptors (Lipinski definition) is 3.